The summed E-state index contributed by atoms with van der Waals surface area (Å²) in [5, 5.41) is 7.14. The predicted molar refractivity (Wildman–Crippen MR) is 80.7 cm³/mol. The number of rotatable bonds is 2. The number of amides is 1. The number of carbonyl (C=O) groups excluding carboxylic acids is 1. The fourth-order valence-corrected chi connectivity index (χ4v) is 3.70. The molecular weight excluding hydrogens is 318 g/mol. The van der Waals surface area contributed by atoms with Gasteiger partial charge in [0.25, 0.3) is 5.91 Å². The molecule has 0 saturated carbocycles. The summed E-state index contributed by atoms with van der Waals surface area (Å²) < 4.78 is 32.7. The molecule has 128 valence electrons. The highest BCUT2D eigenvalue weighted by Crippen LogP contribution is 2.40. The highest BCUT2D eigenvalue weighted by atomic mass is 19.3. The fourth-order valence-electron chi connectivity index (χ4n) is 3.70. The van der Waals surface area contributed by atoms with E-state index in [1.165, 1.54) is 18.3 Å². The van der Waals surface area contributed by atoms with Crippen molar-refractivity contribution in [1.82, 2.24) is 19.7 Å². The van der Waals surface area contributed by atoms with Crippen molar-refractivity contribution in [2.24, 2.45) is 0 Å². The Morgan fingerprint density at radius 3 is 2.92 bits per heavy atom. The fraction of sp³-hybridized carbons (Fsp3) is 0.500. The van der Waals surface area contributed by atoms with Gasteiger partial charge in [0.1, 0.15) is 11.3 Å². The summed E-state index contributed by atoms with van der Waals surface area (Å²) >= 11 is 0. The Kier molecular flexibility index (Phi) is 3.64. The summed E-state index contributed by atoms with van der Waals surface area (Å²) in [6.45, 7) is -1.16. The Balaban J connectivity index is 1.51. The molecule has 0 atom stereocenters. The first-order valence-corrected chi connectivity index (χ1v) is 8.02. The highest BCUT2D eigenvalue weighted by molar-refractivity contribution is 5.92. The minimum Gasteiger partial charge on any atom is -0.368 e. The molecule has 1 fully saturated rings. The van der Waals surface area contributed by atoms with Crippen LogP contribution in [0.2, 0.25) is 0 Å². The summed E-state index contributed by atoms with van der Waals surface area (Å²) in [4.78, 5) is 14.2. The number of halogens is 2. The van der Waals surface area contributed by atoms with Gasteiger partial charge in [-0.2, -0.15) is 13.9 Å². The van der Waals surface area contributed by atoms with Gasteiger partial charge in [-0.25, -0.2) is 0 Å². The van der Waals surface area contributed by atoms with Gasteiger partial charge in [0, 0.05) is 19.3 Å². The molecular formula is C16H18F2N4O2. The van der Waals surface area contributed by atoms with E-state index >= 15 is 0 Å². The molecule has 6 nitrogen and oxygen atoms in total. The molecule has 2 aliphatic rings. The van der Waals surface area contributed by atoms with E-state index < -0.39 is 12.2 Å². The summed E-state index contributed by atoms with van der Waals surface area (Å²) in [5.74, 6) is -0.365. The van der Waals surface area contributed by atoms with E-state index in [0.717, 1.165) is 17.7 Å². The van der Waals surface area contributed by atoms with Gasteiger partial charge in [-0.1, -0.05) is 0 Å². The average molecular weight is 336 g/mol. The molecule has 1 saturated heterocycles. The van der Waals surface area contributed by atoms with Crippen LogP contribution in [0.1, 0.15) is 41.1 Å². The molecule has 0 bridgehead atoms. The zero-order chi connectivity index (χ0) is 16.7. The van der Waals surface area contributed by atoms with E-state index in [1.54, 1.807) is 4.90 Å². The molecule has 2 aromatic rings. The normalized spacial score (nSPS) is 19.7. The third kappa shape index (κ3) is 2.32. The Labute approximate surface area is 137 Å². The first kappa shape index (κ1) is 15.3. The molecule has 4 rings (SSSR count). The second kappa shape index (κ2) is 5.70. The van der Waals surface area contributed by atoms with E-state index in [0.29, 0.717) is 37.1 Å². The topological polar surface area (TPSA) is 63.1 Å². The lowest BCUT2D eigenvalue weighted by Crippen LogP contribution is -2.48. The van der Waals surface area contributed by atoms with E-state index in [-0.39, 0.29) is 11.6 Å². The molecule has 2 aromatic heterocycles. The lowest BCUT2D eigenvalue weighted by molar-refractivity contribution is -0.0963. The summed E-state index contributed by atoms with van der Waals surface area (Å²) in [7, 11) is 0. The number of aromatic amines is 1. The van der Waals surface area contributed by atoms with Gasteiger partial charge in [0.05, 0.1) is 18.5 Å². The number of nitrogens with one attached hydrogen (secondary N) is 1. The summed E-state index contributed by atoms with van der Waals surface area (Å²) in [6, 6.07) is 2.90. The highest BCUT2D eigenvalue weighted by Gasteiger charge is 2.43. The minimum absolute atomic E-state index is 0.0211. The van der Waals surface area contributed by atoms with E-state index in [9.17, 15) is 13.6 Å². The molecule has 1 N–H and O–H groups in total. The lowest BCUT2D eigenvalue weighted by Gasteiger charge is -2.43. The van der Waals surface area contributed by atoms with Crippen molar-refractivity contribution < 1.29 is 18.3 Å². The van der Waals surface area contributed by atoms with Crippen LogP contribution in [0.4, 0.5) is 8.78 Å². The van der Waals surface area contributed by atoms with E-state index in [2.05, 4.69) is 10.2 Å². The van der Waals surface area contributed by atoms with Crippen molar-refractivity contribution in [3.8, 4) is 0 Å². The number of ether oxygens (including phenoxy) is 1. The van der Waals surface area contributed by atoms with E-state index in [1.807, 2.05) is 6.20 Å². The second-order valence-corrected chi connectivity index (χ2v) is 6.23. The van der Waals surface area contributed by atoms with Crippen molar-refractivity contribution in [3.63, 3.8) is 0 Å². The minimum atomic E-state index is -2.72. The van der Waals surface area contributed by atoms with Crippen molar-refractivity contribution >= 4 is 5.91 Å². The molecule has 1 amide bonds. The number of H-pyrrole nitrogens is 1. The smallest absolute Gasteiger partial charge is 0.319 e. The quantitative estimate of drug-likeness (QED) is 0.915. The number of aromatic nitrogens is 3. The third-order valence-electron chi connectivity index (χ3n) is 4.99. The molecule has 0 aliphatic carbocycles. The molecule has 8 heteroatoms. The molecule has 0 aromatic carbocycles. The Hall–Kier alpha value is -2.22. The molecule has 24 heavy (non-hydrogen) atoms. The molecule has 1 spiro atoms. The monoisotopic (exact) mass is 336 g/mol. The van der Waals surface area contributed by atoms with Crippen LogP contribution >= 0.6 is 0 Å². The van der Waals surface area contributed by atoms with Gasteiger partial charge in [0.2, 0.25) is 0 Å². The van der Waals surface area contributed by atoms with Crippen LogP contribution in [0.5, 0.6) is 0 Å². The maximum atomic E-state index is 13.0. The number of piperidine rings is 1. The Morgan fingerprint density at radius 1 is 1.38 bits per heavy atom. The number of alkyl halides is 2. The number of carbonyl (C=O) groups is 1. The van der Waals surface area contributed by atoms with Gasteiger partial charge in [-0.15, -0.1) is 0 Å². The largest absolute Gasteiger partial charge is 0.368 e. The maximum absolute atomic E-state index is 13.0. The summed E-state index contributed by atoms with van der Waals surface area (Å²) in [5.41, 5.74) is 1.74. The zero-order valence-electron chi connectivity index (χ0n) is 13.0. The van der Waals surface area contributed by atoms with Crippen LogP contribution in [-0.4, -0.2) is 45.3 Å². The van der Waals surface area contributed by atoms with Gasteiger partial charge >= 0.3 is 6.55 Å². The van der Waals surface area contributed by atoms with Crippen molar-refractivity contribution in [2.45, 2.75) is 31.4 Å². The molecule has 0 radical (unpaired) electrons. The van der Waals surface area contributed by atoms with Crippen LogP contribution in [0.15, 0.2) is 24.5 Å². The molecule has 2 aliphatic heterocycles. The summed E-state index contributed by atoms with van der Waals surface area (Å²) in [6.07, 6.45) is 5.14. The first-order chi connectivity index (χ1) is 11.6. The van der Waals surface area contributed by atoms with Crippen LogP contribution < -0.4 is 0 Å². The number of likely N-dealkylation sites (tertiary alicyclic amines) is 1. The molecule has 0 unspecified atom stereocenters. The maximum Gasteiger partial charge on any atom is 0.319 e. The predicted octanol–water partition coefficient (Wildman–Crippen LogP) is 2.31. The average Bonchev–Trinajstić information content (AvgIpc) is 3.25. The molecule has 4 heterocycles. The van der Waals surface area contributed by atoms with Gasteiger partial charge < -0.3 is 9.64 Å². The van der Waals surface area contributed by atoms with Gasteiger partial charge in [0.15, 0.2) is 0 Å². The Bertz CT molecular complexity index is 747. The number of hydrogen-bond acceptors (Lipinski definition) is 3. The van der Waals surface area contributed by atoms with Crippen LogP contribution in [0.25, 0.3) is 0 Å². The van der Waals surface area contributed by atoms with Gasteiger partial charge in [-0.05, 0) is 37.0 Å². The third-order valence-corrected chi connectivity index (χ3v) is 4.99. The number of hydrogen-bond donors (Lipinski definition) is 1. The SMILES string of the molecule is O=C(c1cccn1C(F)F)N1CCC2(CC1)OCCc1cn[nH]c12. The van der Waals surface area contributed by atoms with Crippen molar-refractivity contribution in [3.05, 3.63) is 41.5 Å². The van der Waals surface area contributed by atoms with Crippen LogP contribution in [0.3, 0.4) is 0 Å². The number of nitrogens with zero attached hydrogens (tertiary/aromatic N) is 3. The zero-order valence-corrected chi connectivity index (χ0v) is 13.0. The van der Waals surface area contributed by atoms with Crippen LogP contribution in [-0.2, 0) is 16.8 Å². The second-order valence-electron chi connectivity index (χ2n) is 6.23. The lowest BCUT2D eigenvalue weighted by atomic mass is 9.83. The van der Waals surface area contributed by atoms with Gasteiger partial charge in [-0.3, -0.25) is 14.5 Å². The van der Waals surface area contributed by atoms with Crippen molar-refractivity contribution in [2.75, 3.05) is 19.7 Å². The standard InChI is InChI=1S/C16H18F2N4O2/c17-15(18)22-6-1-2-12(22)14(23)21-7-4-16(5-8-21)13-11(3-9-24-16)10-19-20-13/h1-2,6,10,15H,3-5,7-9H2,(H,19,20). The van der Waals surface area contributed by atoms with Crippen molar-refractivity contribution in [1.29, 1.82) is 0 Å². The number of fused-ring (bicyclic) bond motifs is 2. The Morgan fingerprint density at radius 2 is 2.17 bits per heavy atom. The first-order valence-electron chi connectivity index (χ1n) is 8.02. The van der Waals surface area contributed by atoms with E-state index in [4.69, 9.17) is 4.74 Å². The van der Waals surface area contributed by atoms with Crippen LogP contribution in [0, 0.1) is 0 Å².